The molecular formula is C22H36O5. The monoisotopic (exact) mass is 380 g/mol. The summed E-state index contributed by atoms with van der Waals surface area (Å²) in [6.45, 7) is 13.8. The summed E-state index contributed by atoms with van der Waals surface area (Å²) in [6, 6.07) is 0. The van der Waals surface area contributed by atoms with E-state index in [1.165, 1.54) is 6.92 Å². The number of esters is 1. The highest BCUT2D eigenvalue weighted by Crippen LogP contribution is 2.53. The molecule has 5 nitrogen and oxygen atoms in total. The number of aliphatic hydroxyl groups is 1. The predicted molar refractivity (Wildman–Crippen MR) is 104 cm³/mol. The average molecular weight is 381 g/mol. The third kappa shape index (κ3) is 5.20. The fourth-order valence-corrected chi connectivity index (χ4v) is 5.12. The van der Waals surface area contributed by atoms with Gasteiger partial charge in [0.15, 0.2) is 0 Å². The number of ketones is 1. The highest BCUT2D eigenvalue weighted by molar-refractivity contribution is 5.76. The van der Waals surface area contributed by atoms with E-state index in [9.17, 15) is 14.7 Å². The molecular weight excluding hydrogens is 344 g/mol. The summed E-state index contributed by atoms with van der Waals surface area (Å²) < 4.78 is 11.4. The van der Waals surface area contributed by atoms with Crippen LogP contribution in [-0.2, 0) is 19.1 Å². The smallest absolute Gasteiger partial charge is 0.302 e. The van der Waals surface area contributed by atoms with Gasteiger partial charge in [0, 0.05) is 19.3 Å². The Morgan fingerprint density at radius 3 is 2.59 bits per heavy atom. The number of Topliss-reactive ketones (excluding diaryl/α,β-unsaturated/α-hetero) is 1. The van der Waals surface area contributed by atoms with E-state index in [0.717, 1.165) is 18.4 Å². The Balaban J connectivity index is 2.22. The molecule has 0 amide bonds. The summed E-state index contributed by atoms with van der Waals surface area (Å²) >= 11 is 0. The van der Waals surface area contributed by atoms with Crippen LogP contribution < -0.4 is 0 Å². The maximum atomic E-state index is 11.8. The molecule has 27 heavy (non-hydrogen) atoms. The van der Waals surface area contributed by atoms with Gasteiger partial charge in [-0.25, -0.2) is 0 Å². The van der Waals surface area contributed by atoms with Crippen LogP contribution in [0.5, 0.6) is 0 Å². The molecule has 1 saturated heterocycles. The highest BCUT2D eigenvalue weighted by atomic mass is 16.5. The second-order valence-electron chi connectivity index (χ2n) is 9.01. The van der Waals surface area contributed by atoms with Crippen LogP contribution in [0.1, 0.15) is 66.7 Å². The molecule has 1 aliphatic heterocycles. The zero-order chi connectivity index (χ0) is 20.4. The van der Waals surface area contributed by atoms with Gasteiger partial charge in [0.25, 0.3) is 0 Å². The first-order chi connectivity index (χ1) is 12.5. The number of hydrogen-bond acceptors (Lipinski definition) is 5. The van der Waals surface area contributed by atoms with Crippen molar-refractivity contribution < 1.29 is 24.2 Å². The lowest BCUT2D eigenvalue weighted by atomic mass is 9.61. The summed E-state index contributed by atoms with van der Waals surface area (Å²) in [5.74, 6) is 0.997. The third-order valence-electron chi connectivity index (χ3n) is 6.34. The van der Waals surface area contributed by atoms with Gasteiger partial charge in [-0.1, -0.05) is 26.0 Å². The Hall–Kier alpha value is -1.20. The van der Waals surface area contributed by atoms with Crippen LogP contribution in [0.4, 0.5) is 0 Å². The van der Waals surface area contributed by atoms with Crippen LogP contribution in [-0.4, -0.2) is 41.3 Å². The van der Waals surface area contributed by atoms with Crippen LogP contribution in [0.2, 0.25) is 0 Å². The lowest BCUT2D eigenvalue weighted by Crippen LogP contribution is -2.48. The van der Waals surface area contributed by atoms with E-state index in [-0.39, 0.29) is 35.8 Å². The van der Waals surface area contributed by atoms with Gasteiger partial charge in [0.05, 0.1) is 24.4 Å². The molecule has 1 N–H and O–H groups in total. The number of rotatable bonds is 8. The molecule has 1 saturated carbocycles. The maximum absolute atomic E-state index is 11.8. The zero-order valence-electron chi connectivity index (χ0n) is 17.5. The van der Waals surface area contributed by atoms with Gasteiger partial charge < -0.3 is 14.6 Å². The van der Waals surface area contributed by atoms with Crippen molar-refractivity contribution in [3.05, 3.63) is 12.2 Å². The standard InChI is InChI=1S/C22H36O5/c1-13(2)17-9-8-14(3)19-18(12-15(4)23)27-21(20(17)19)22(6,25)10-7-11-26-16(5)24/h13,17-21,25H,3,7-12H2,1-2,4-6H3. The minimum Gasteiger partial charge on any atom is -0.466 e. The highest BCUT2D eigenvalue weighted by Gasteiger charge is 2.56. The van der Waals surface area contributed by atoms with E-state index in [2.05, 4.69) is 20.4 Å². The molecule has 1 heterocycles. The molecule has 0 aromatic carbocycles. The molecule has 0 spiro atoms. The Morgan fingerprint density at radius 2 is 2.04 bits per heavy atom. The molecule has 2 aliphatic rings. The Bertz CT molecular complexity index is 565. The first kappa shape index (κ1) is 22.1. The molecule has 1 aliphatic carbocycles. The quantitative estimate of drug-likeness (QED) is 0.395. The first-order valence-electron chi connectivity index (χ1n) is 10.2. The van der Waals surface area contributed by atoms with Crippen molar-refractivity contribution in [2.75, 3.05) is 6.61 Å². The lowest BCUT2D eigenvalue weighted by molar-refractivity contribution is -0.143. The number of carbonyl (C=O) groups excluding carboxylic acids is 2. The van der Waals surface area contributed by atoms with Gasteiger partial charge in [0.2, 0.25) is 0 Å². The zero-order valence-corrected chi connectivity index (χ0v) is 17.5. The van der Waals surface area contributed by atoms with Crippen molar-refractivity contribution >= 4 is 11.8 Å². The SMILES string of the molecule is C=C1CCC(C(C)C)C2C1C(CC(C)=O)OC2C(C)(O)CCCOC(C)=O. The second kappa shape index (κ2) is 8.87. The van der Waals surface area contributed by atoms with Crippen molar-refractivity contribution in [1.29, 1.82) is 0 Å². The average Bonchev–Trinajstić information content (AvgIpc) is 2.92. The van der Waals surface area contributed by atoms with Crippen LogP contribution in [0.3, 0.4) is 0 Å². The van der Waals surface area contributed by atoms with Crippen molar-refractivity contribution in [3.8, 4) is 0 Å². The molecule has 6 atom stereocenters. The second-order valence-corrected chi connectivity index (χ2v) is 9.01. The van der Waals surface area contributed by atoms with Gasteiger partial charge in [-0.2, -0.15) is 0 Å². The molecule has 0 aromatic heterocycles. The summed E-state index contributed by atoms with van der Waals surface area (Å²) in [5, 5.41) is 11.3. The molecule has 0 radical (unpaired) electrons. The summed E-state index contributed by atoms with van der Waals surface area (Å²) in [5.41, 5.74) is 0.112. The van der Waals surface area contributed by atoms with Crippen LogP contribution >= 0.6 is 0 Å². The van der Waals surface area contributed by atoms with Gasteiger partial charge >= 0.3 is 5.97 Å². The minimum atomic E-state index is -1.04. The van der Waals surface area contributed by atoms with E-state index in [0.29, 0.717) is 37.7 Å². The van der Waals surface area contributed by atoms with Crippen molar-refractivity contribution in [2.24, 2.45) is 23.7 Å². The topological polar surface area (TPSA) is 72.8 Å². The molecule has 154 valence electrons. The third-order valence-corrected chi connectivity index (χ3v) is 6.34. The lowest BCUT2D eigenvalue weighted by Gasteiger charge is -2.43. The van der Waals surface area contributed by atoms with Gasteiger partial charge in [-0.3, -0.25) is 9.59 Å². The fourth-order valence-electron chi connectivity index (χ4n) is 5.12. The van der Waals surface area contributed by atoms with Gasteiger partial charge in [-0.15, -0.1) is 0 Å². The number of fused-ring (bicyclic) bond motifs is 1. The maximum Gasteiger partial charge on any atom is 0.302 e. The van der Waals surface area contributed by atoms with Crippen molar-refractivity contribution in [2.45, 2.75) is 84.5 Å². The predicted octanol–water partition coefficient (Wildman–Crippen LogP) is 3.68. The Morgan fingerprint density at radius 1 is 1.37 bits per heavy atom. The summed E-state index contributed by atoms with van der Waals surface area (Å²) in [7, 11) is 0. The van der Waals surface area contributed by atoms with E-state index >= 15 is 0 Å². The minimum absolute atomic E-state index is 0.105. The summed E-state index contributed by atoms with van der Waals surface area (Å²) in [4.78, 5) is 22.8. The fraction of sp³-hybridized carbons (Fsp3) is 0.818. The van der Waals surface area contributed by atoms with Crippen LogP contribution in [0, 0.1) is 23.7 Å². The van der Waals surface area contributed by atoms with Crippen LogP contribution in [0.25, 0.3) is 0 Å². The largest absolute Gasteiger partial charge is 0.466 e. The number of carbonyl (C=O) groups is 2. The molecule has 2 fully saturated rings. The van der Waals surface area contributed by atoms with E-state index in [4.69, 9.17) is 9.47 Å². The molecule has 0 bridgehead atoms. The number of ether oxygens (including phenoxy) is 2. The van der Waals surface area contributed by atoms with Gasteiger partial charge in [0.1, 0.15) is 5.78 Å². The van der Waals surface area contributed by atoms with Crippen molar-refractivity contribution in [1.82, 2.24) is 0 Å². The molecule has 0 aromatic rings. The normalized spacial score (nSPS) is 32.9. The van der Waals surface area contributed by atoms with E-state index in [1.807, 2.05) is 6.92 Å². The summed E-state index contributed by atoms with van der Waals surface area (Å²) in [6.07, 6.45) is 2.90. The molecule has 6 unspecified atom stereocenters. The molecule has 5 heteroatoms. The van der Waals surface area contributed by atoms with E-state index < -0.39 is 5.60 Å². The Kier molecular flexibility index (Phi) is 7.26. The Labute approximate surface area is 163 Å². The van der Waals surface area contributed by atoms with Crippen LogP contribution in [0.15, 0.2) is 12.2 Å². The van der Waals surface area contributed by atoms with Crippen molar-refractivity contribution in [3.63, 3.8) is 0 Å². The number of hydrogen-bond donors (Lipinski definition) is 1. The van der Waals surface area contributed by atoms with Gasteiger partial charge in [-0.05, 0) is 57.3 Å². The molecule has 2 rings (SSSR count). The van der Waals surface area contributed by atoms with E-state index in [1.54, 1.807) is 6.92 Å². The first-order valence-corrected chi connectivity index (χ1v) is 10.2.